The molecule has 0 atom stereocenters. The Kier molecular flexibility index (Phi) is 9.52. The molecule has 0 heterocycles. The monoisotopic (exact) mass is 525 g/mol. The minimum absolute atomic E-state index is 0.0102. The number of benzene rings is 3. The number of methoxy groups -OCH3 is 1. The van der Waals surface area contributed by atoms with E-state index < -0.39 is 5.97 Å². The van der Waals surface area contributed by atoms with Gasteiger partial charge in [0, 0.05) is 19.9 Å². The van der Waals surface area contributed by atoms with Crippen LogP contribution in [0.15, 0.2) is 71.2 Å². The number of carbonyl (C=O) groups excluding carboxylic acids is 2. The molecule has 6 nitrogen and oxygen atoms in total. The maximum absolute atomic E-state index is 12.3. The van der Waals surface area contributed by atoms with E-state index in [4.69, 9.17) is 14.2 Å². The first-order chi connectivity index (χ1) is 16.4. The van der Waals surface area contributed by atoms with Crippen molar-refractivity contribution in [2.75, 3.05) is 13.7 Å². The zero-order valence-corrected chi connectivity index (χ0v) is 20.9. The van der Waals surface area contributed by atoms with Crippen LogP contribution in [-0.4, -0.2) is 25.5 Å². The maximum Gasteiger partial charge on any atom is 0.308 e. The zero-order chi connectivity index (χ0) is 24.3. The fraction of sp³-hybridized carbons (Fsp3) is 0.259. The summed E-state index contributed by atoms with van der Waals surface area (Å²) in [6.45, 7) is 2.35. The van der Waals surface area contributed by atoms with Gasteiger partial charge < -0.3 is 19.5 Å². The summed E-state index contributed by atoms with van der Waals surface area (Å²) >= 11 is 3.56. The second-order valence-corrected chi connectivity index (χ2v) is 8.57. The number of amides is 1. The Bertz CT molecular complexity index is 1120. The number of aryl methyl sites for hydroxylation is 1. The number of halogens is 1. The quantitative estimate of drug-likeness (QED) is 0.273. The maximum atomic E-state index is 12.3. The number of ether oxygens (including phenoxy) is 3. The number of nitrogens with one attached hydrogen (secondary N) is 1. The van der Waals surface area contributed by atoms with E-state index in [2.05, 4.69) is 21.2 Å². The van der Waals surface area contributed by atoms with Crippen molar-refractivity contribution in [1.82, 2.24) is 5.32 Å². The smallest absolute Gasteiger partial charge is 0.308 e. The van der Waals surface area contributed by atoms with Crippen LogP contribution in [0.2, 0.25) is 0 Å². The van der Waals surface area contributed by atoms with Crippen LogP contribution in [0, 0.1) is 0 Å². The van der Waals surface area contributed by atoms with Gasteiger partial charge in [-0.1, -0.05) is 42.5 Å². The summed E-state index contributed by atoms with van der Waals surface area (Å²) in [6, 6.07) is 21.3. The molecule has 34 heavy (non-hydrogen) atoms. The molecule has 3 rings (SSSR count). The summed E-state index contributed by atoms with van der Waals surface area (Å²) in [5.41, 5.74) is 3.14. The first-order valence-corrected chi connectivity index (χ1v) is 11.8. The van der Waals surface area contributed by atoms with Crippen LogP contribution in [0.1, 0.15) is 30.0 Å². The number of hydrogen-bond acceptors (Lipinski definition) is 5. The van der Waals surface area contributed by atoms with E-state index in [1.54, 1.807) is 6.07 Å². The summed E-state index contributed by atoms with van der Waals surface area (Å²) in [7, 11) is 1.52. The van der Waals surface area contributed by atoms with Gasteiger partial charge in [0.05, 0.1) is 11.6 Å². The number of rotatable bonds is 11. The molecule has 0 aliphatic carbocycles. The van der Waals surface area contributed by atoms with Gasteiger partial charge in [0.25, 0.3) is 0 Å². The van der Waals surface area contributed by atoms with Gasteiger partial charge in [0.1, 0.15) is 12.4 Å². The molecular formula is C27H28BrNO5. The van der Waals surface area contributed by atoms with Crippen LogP contribution in [0.25, 0.3) is 0 Å². The van der Waals surface area contributed by atoms with Crippen LogP contribution < -0.4 is 19.5 Å². The van der Waals surface area contributed by atoms with Crippen molar-refractivity contribution in [3.8, 4) is 17.2 Å². The minimum atomic E-state index is -0.403. The third kappa shape index (κ3) is 7.92. The average Bonchev–Trinajstić information content (AvgIpc) is 2.83. The predicted molar refractivity (Wildman–Crippen MR) is 134 cm³/mol. The van der Waals surface area contributed by atoms with E-state index >= 15 is 0 Å². The predicted octanol–water partition coefficient (Wildman–Crippen LogP) is 5.25. The van der Waals surface area contributed by atoms with E-state index in [1.165, 1.54) is 14.0 Å². The molecule has 1 N–H and O–H groups in total. The van der Waals surface area contributed by atoms with Crippen molar-refractivity contribution >= 4 is 27.8 Å². The Balaban J connectivity index is 1.42. The van der Waals surface area contributed by atoms with Gasteiger partial charge in [0.15, 0.2) is 11.5 Å². The van der Waals surface area contributed by atoms with Crippen LogP contribution >= 0.6 is 15.9 Å². The highest BCUT2D eigenvalue weighted by atomic mass is 79.9. The molecule has 0 saturated heterocycles. The lowest BCUT2D eigenvalue weighted by atomic mass is 10.1. The van der Waals surface area contributed by atoms with Gasteiger partial charge in [-0.05, 0) is 69.7 Å². The Hall–Kier alpha value is -3.32. The molecule has 178 valence electrons. The lowest BCUT2D eigenvalue weighted by molar-refractivity contribution is -0.132. The lowest BCUT2D eigenvalue weighted by Crippen LogP contribution is -2.25. The first kappa shape index (κ1) is 25.3. The SMILES string of the molecule is COc1cc(CCNC(=O)CCc2ccc(OCc3ccccc3)c(Br)c2)ccc1OC(C)=O. The number of esters is 1. The second kappa shape index (κ2) is 12.8. The molecule has 0 bridgehead atoms. The topological polar surface area (TPSA) is 73.9 Å². The molecule has 1 amide bonds. The summed E-state index contributed by atoms with van der Waals surface area (Å²) in [6.07, 6.45) is 1.67. The molecule has 7 heteroatoms. The highest BCUT2D eigenvalue weighted by molar-refractivity contribution is 9.10. The largest absolute Gasteiger partial charge is 0.493 e. The fourth-order valence-electron chi connectivity index (χ4n) is 3.35. The normalized spacial score (nSPS) is 10.4. The zero-order valence-electron chi connectivity index (χ0n) is 19.3. The molecule has 0 unspecified atom stereocenters. The molecule has 0 fully saturated rings. The molecule has 0 spiro atoms. The Morgan fingerprint density at radius 2 is 1.56 bits per heavy atom. The Morgan fingerprint density at radius 1 is 0.853 bits per heavy atom. The van der Waals surface area contributed by atoms with Crippen LogP contribution in [-0.2, 0) is 29.0 Å². The summed E-state index contributed by atoms with van der Waals surface area (Å²) < 4.78 is 17.1. The lowest BCUT2D eigenvalue weighted by Gasteiger charge is -2.11. The van der Waals surface area contributed by atoms with Gasteiger partial charge in [-0.15, -0.1) is 0 Å². The van der Waals surface area contributed by atoms with Gasteiger partial charge in [-0.25, -0.2) is 0 Å². The van der Waals surface area contributed by atoms with E-state index in [1.807, 2.05) is 60.7 Å². The third-order valence-corrected chi connectivity index (χ3v) is 5.71. The second-order valence-electron chi connectivity index (χ2n) is 7.72. The summed E-state index contributed by atoms with van der Waals surface area (Å²) in [4.78, 5) is 23.4. The van der Waals surface area contributed by atoms with Crippen molar-refractivity contribution in [2.24, 2.45) is 0 Å². The highest BCUT2D eigenvalue weighted by Crippen LogP contribution is 2.29. The molecule has 3 aromatic rings. The van der Waals surface area contributed by atoms with Gasteiger partial charge in [-0.3, -0.25) is 9.59 Å². The van der Waals surface area contributed by atoms with Gasteiger partial charge in [-0.2, -0.15) is 0 Å². The van der Waals surface area contributed by atoms with E-state index in [0.717, 1.165) is 26.9 Å². The van der Waals surface area contributed by atoms with Crippen molar-refractivity contribution < 1.29 is 23.8 Å². The molecule has 0 aromatic heterocycles. The van der Waals surface area contributed by atoms with Gasteiger partial charge in [0.2, 0.25) is 5.91 Å². The van der Waals surface area contributed by atoms with Gasteiger partial charge >= 0.3 is 5.97 Å². The third-order valence-electron chi connectivity index (χ3n) is 5.09. The van der Waals surface area contributed by atoms with Crippen molar-refractivity contribution in [3.05, 3.63) is 87.9 Å². The summed E-state index contributed by atoms with van der Waals surface area (Å²) in [5.74, 6) is 1.22. The Morgan fingerprint density at radius 3 is 2.24 bits per heavy atom. The van der Waals surface area contributed by atoms with Crippen molar-refractivity contribution in [3.63, 3.8) is 0 Å². The molecule has 0 aliphatic heterocycles. The molecular weight excluding hydrogens is 498 g/mol. The molecule has 0 saturated carbocycles. The van der Waals surface area contributed by atoms with Crippen LogP contribution in [0.5, 0.6) is 17.2 Å². The van der Waals surface area contributed by atoms with Crippen molar-refractivity contribution in [2.45, 2.75) is 32.8 Å². The molecule has 3 aromatic carbocycles. The average molecular weight is 526 g/mol. The number of hydrogen-bond donors (Lipinski definition) is 1. The minimum Gasteiger partial charge on any atom is -0.493 e. The Labute approximate surface area is 208 Å². The van der Waals surface area contributed by atoms with E-state index in [-0.39, 0.29) is 5.91 Å². The van der Waals surface area contributed by atoms with E-state index in [0.29, 0.717) is 43.9 Å². The number of carbonyl (C=O) groups is 2. The fourth-order valence-corrected chi connectivity index (χ4v) is 3.89. The first-order valence-electron chi connectivity index (χ1n) is 11.0. The van der Waals surface area contributed by atoms with Crippen LogP contribution in [0.4, 0.5) is 0 Å². The standard InChI is InChI=1S/C27H28BrNO5/c1-19(30)34-25-12-9-21(17-26(25)32-2)14-15-29-27(31)13-10-20-8-11-24(23(28)16-20)33-18-22-6-4-3-5-7-22/h3-9,11-12,16-17H,10,13-15,18H2,1-2H3,(H,29,31). The molecule has 0 aliphatic rings. The van der Waals surface area contributed by atoms with E-state index in [9.17, 15) is 9.59 Å². The molecule has 0 radical (unpaired) electrons. The summed E-state index contributed by atoms with van der Waals surface area (Å²) in [5, 5.41) is 2.95. The highest BCUT2D eigenvalue weighted by Gasteiger charge is 2.09. The van der Waals surface area contributed by atoms with Crippen LogP contribution in [0.3, 0.4) is 0 Å². The van der Waals surface area contributed by atoms with Crippen molar-refractivity contribution in [1.29, 1.82) is 0 Å².